The van der Waals surface area contributed by atoms with Gasteiger partial charge in [0.2, 0.25) is 5.91 Å². The van der Waals surface area contributed by atoms with Crippen LogP contribution in [-0.4, -0.2) is 43.0 Å². The fourth-order valence-electron chi connectivity index (χ4n) is 2.28. The van der Waals surface area contributed by atoms with Crippen molar-refractivity contribution in [3.05, 3.63) is 0 Å². The van der Waals surface area contributed by atoms with E-state index in [1.165, 1.54) is 25.7 Å². The van der Waals surface area contributed by atoms with Crippen LogP contribution in [-0.2, 0) is 4.79 Å². The van der Waals surface area contributed by atoms with Gasteiger partial charge in [-0.15, -0.1) is 0 Å². The normalized spacial score (nSPS) is 23.3. The van der Waals surface area contributed by atoms with Gasteiger partial charge in [-0.3, -0.25) is 4.79 Å². The van der Waals surface area contributed by atoms with Crippen molar-refractivity contribution in [2.75, 3.05) is 26.2 Å². The zero-order chi connectivity index (χ0) is 11.4. The Kier molecular flexibility index (Phi) is 4.18. The van der Waals surface area contributed by atoms with E-state index in [9.17, 15) is 4.79 Å². The molecule has 1 aliphatic carbocycles. The van der Waals surface area contributed by atoms with E-state index in [1.54, 1.807) is 0 Å². The van der Waals surface area contributed by atoms with Crippen molar-refractivity contribution in [3.8, 4) is 0 Å². The van der Waals surface area contributed by atoms with Gasteiger partial charge in [-0.2, -0.15) is 0 Å². The van der Waals surface area contributed by atoms with E-state index in [-0.39, 0.29) is 11.9 Å². The molecule has 1 amide bonds. The number of amides is 1. The Morgan fingerprint density at radius 1 is 1.38 bits per heavy atom. The van der Waals surface area contributed by atoms with E-state index in [1.807, 2.05) is 0 Å². The summed E-state index contributed by atoms with van der Waals surface area (Å²) in [5, 5.41) is 2.94. The minimum Gasteiger partial charge on any atom is -0.354 e. The Balaban J connectivity index is 1.53. The van der Waals surface area contributed by atoms with Crippen LogP contribution in [0.25, 0.3) is 0 Å². The summed E-state index contributed by atoms with van der Waals surface area (Å²) in [7, 11) is 0. The average molecular weight is 225 g/mol. The standard InChI is InChI=1S/C12H23N3O/c13-11(10-3-4-10)9-14-12(16)5-8-15-6-1-2-7-15/h10-11H,1-9,13H2,(H,14,16). The van der Waals surface area contributed by atoms with Gasteiger partial charge in [-0.05, 0) is 44.7 Å². The monoisotopic (exact) mass is 225 g/mol. The van der Waals surface area contributed by atoms with Crippen molar-refractivity contribution in [2.24, 2.45) is 11.7 Å². The van der Waals surface area contributed by atoms with Crippen LogP contribution in [0.2, 0.25) is 0 Å². The number of carbonyl (C=O) groups excluding carboxylic acids is 1. The van der Waals surface area contributed by atoms with Gasteiger partial charge in [-0.1, -0.05) is 0 Å². The SMILES string of the molecule is NC(CNC(=O)CCN1CCCC1)C1CC1. The number of carbonyl (C=O) groups is 1. The minimum absolute atomic E-state index is 0.156. The Morgan fingerprint density at radius 2 is 2.06 bits per heavy atom. The predicted molar refractivity (Wildman–Crippen MR) is 64.0 cm³/mol. The molecule has 1 saturated heterocycles. The second kappa shape index (κ2) is 5.64. The summed E-state index contributed by atoms with van der Waals surface area (Å²) in [5.41, 5.74) is 5.92. The molecule has 0 spiro atoms. The summed E-state index contributed by atoms with van der Waals surface area (Å²) in [6, 6.07) is 0.177. The van der Waals surface area contributed by atoms with Gasteiger partial charge < -0.3 is 16.0 Å². The summed E-state index contributed by atoms with van der Waals surface area (Å²) >= 11 is 0. The van der Waals surface area contributed by atoms with Crippen LogP contribution in [0.5, 0.6) is 0 Å². The molecule has 4 heteroatoms. The van der Waals surface area contributed by atoms with E-state index < -0.39 is 0 Å². The predicted octanol–water partition coefficient (Wildman–Crippen LogP) is 0.326. The second-order valence-corrected chi connectivity index (χ2v) is 5.10. The van der Waals surface area contributed by atoms with Crippen LogP contribution in [0.4, 0.5) is 0 Å². The maximum atomic E-state index is 11.6. The van der Waals surface area contributed by atoms with Crippen molar-refractivity contribution in [1.29, 1.82) is 0 Å². The Morgan fingerprint density at radius 3 is 2.69 bits per heavy atom. The topological polar surface area (TPSA) is 58.4 Å². The first-order valence-corrected chi connectivity index (χ1v) is 6.50. The van der Waals surface area contributed by atoms with Crippen LogP contribution in [0.15, 0.2) is 0 Å². The van der Waals surface area contributed by atoms with E-state index in [2.05, 4.69) is 10.2 Å². The van der Waals surface area contributed by atoms with Crippen molar-refractivity contribution in [1.82, 2.24) is 10.2 Å². The summed E-state index contributed by atoms with van der Waals surface area (Å²) in [5.74, 6) is 0.821. The van der Waals surface area contributed by atoms with Crippen LogP contribution in [0.1, 0.15) is 32.1 Å². The second-order valence-electron chi connectivity index (χ2n) is 5.10. The largest absolute Gasteiger partial charge is 0.354 e. The molecular formula is C12H23N3O. The van der Waals surface area contributed by atoms with Crippen molar-refractivity contribution in [3.63, 3.8) is 0 Å². The number of likely N-dealkylation sites (tertiary alicyclic amines) is 1. The first kappa shape index (κ1) is 11.9. The molecule has 4 nitrogen and oxygen atoms in total. The third-order valence-corrected chi connectivity index (χ3v) is 3.62. The highest BCUT2D eigenvalue weighted by molar-refractivity contribution is 5.76. The molecular weight excluding hydrogens is 202 g/mol. The van der Waals surface area contributed by atoms with Gasteiger partial charge in [0.1, 0.15) is 0 Å². The van der Waals surface area contributed by atoms with Gasteiger partial charge in [0, 0.05) is 25.6 Å². The molecule has 16 heavy (non-hydrogen) atoms. The third kappa shape index (κ3) is 3.76. The molecule has 2 rings (SSSR count). The fourth-order valence-corrected chi connectivity index (χ4v) is 2.28. The lowest BCUT2D eigenvalue weighted by atomic mass is 10.2. The molecule has 1 saturated carbocycles. The maximum absolute atomic E-state index is 11.6. The number of nitrogens with two attached hydrogens (primary N) is 1. The first-order chi connectivity index (χ1) is 7.75. The van der Waals surface area contributed by atoms with Crippen molar-refractivity contribution in [2.45, 2.75) is 38.1 Å². The first-order valence-electron chi connectivity index (χ1n) is 6.50. The molecule has 1 aliphatic heterocycles. The molecule has 1 atom stereocenters. The maximum Gasteiger partial charge on any atom is 0.221 e. The molecule has 0 bridgehead atoms. The molecule has 92 valence electrons. The quantitative estimate of drug-likeness (QED) is 0.685. The summed E-state index contributed by atoms with van der Waals surface area (Å²) in [6.45, 7) is 3.89. The number of hydrogen-bond donors (Lipinski definition) is 2. The highest BCUT2D eigenvalue weighted by Crippen LogP contribution is 2.31. The van der Waals surface area contributed by atoms with E-state index in [0.717, 1.165) is 19.6 Å². The molecule has 1 unspecified atom stereocenters. The molecule has 1 heterocycles. The van der Waals surface area contributed by atoms with Gasteiger partial charge in [-0.25, -0.2) is 0 Å². The van der Waals surface area contributed by atoms with Gasteiger partial charge in [0.15, 0.2) is 0 Å². The van der Waals surface area contributed by atoms with E-state index in [0.29, 0.717) is 18.9 Å². The van der Waals surface area contributed by atoms with Gasteiger partial charge in [0.05, 0.1) is 0 Å². The lowest BCUT2D eigenvalue weighted by molar-refractivity contribution is -0.121. The Hall–Kier alpha value is -0.610. The number of hydrogen-bond acceptors (Lipinski definition) is 3. The lowest BCUT2D eigenvalue weighted by Crippen LogP contribution is -2.39. The zero-order valence-corrected chi connectivity index (χ0v) is 9.95. The minimum atomic E-state index is 0.156. The van der Waals surface area contributed by atoms with Crippen molar-refractivity contribution < 1.29 is 4.79 Å². The van der Waals surface area contributed by atoms with Crippen LogP contribution < -0.4 is 11.1 Å². The molecule has 0 aromatic rings. The van der Waals surface area contributed by atoms with Crippen LogP contribution >= 0.6 is 0 Å². The molecule has 3 N–H and O–H groups in total. The Bertz CT molecular complexity index is 226. The fraction of sp³-hybridized carbons (Fsp3) is 0.917. The number of rotatable bonds is 6. The molecule has 2 aliphatic rings. The Labute approximate surface area is 97.6 Å². The van der Waals surface area contributed by atoms with Crippen molar-refractivity contribution >= 4 is 5.91 Å². The highest BCUT2D eigenvalue weighted by Gasteiger charge is 2.28. The molecule has 0 aromatic carbocycles. The molecule has 0 aromatic heterocycles. The average Bonchev–Trinajstić information content (AvgIpc) is 3.01. The molecule has 0 radical (unpaired) electrons. The van der Waals surface area contributed by atoms with Crippen LogP contribution in [0, 0.1) is 5.92 Å². The number of nitrogens with zero attached hydrogens (tertiary/aromatic N) is 1. The highest BCUT2D eigenvalue weighted by atomic mass is 16.1. The van der Waals surface area contributed by atoms with Crippen LogP contribution in [0.3, 0.4) is 0 Å². The van der Waals surface area contributed by atoms with Gasteiger partial charge >= 0.3 is 0 Å². The molecule has 2 fully saturated rings. The zero-order valence-electron chi connectivity index (χ0n) is 9.95. The summed E-state index contributed by atoms with van der Waals surface area (Å²) in [6.07, 6.45) is 5.68. The van der Waals surface area contributed by atoms with E-state index >= 15 is 0 Å². The smallest absolute Gasteiger partial charge is 0.221 e. The third-order valence-electron chi connectivity index (χ3n) is 3.62. The lowest BCUT2D eigenvalue weighted by Gasteiger charge is -2.15. The summed E-state index contributed by atoms with van der Waals surface area (Å²) in [4.78, 5) is 13.9. The number of nitrogens with one attached hydrogen (secondary N) is 1. The van der Waals surface area contributed by atoms with Gasteiger partial charge in [0.25, 0.3) is 0 Å². The van der Waals surface area contributed by atoms with E-state index in [4.69, 9.17) is 5.73 Å². The summed E-state index contributed by atoms with van der Waals surface area (Å²) < 4.78 is 0.